The lowest BCUT2D eigenvalue weighted by atomic mass is 9.73. The number of rotatable bonds is 5. The van der Waals surface area contributed by atoms with Crippen molar-refractivity contribution in [1.29, 1.82) is 0 Å². The van der Waals surface area contributed by atoms with E-state index in [1.807, 2.05) is 0 Å². The number of halogens is 3. The van der Waals surface area contributed by atoms with Gasteiger partial charge in [-0.15, -0.1) is 0 Å². The predicted octanol–water partition coefficient (Wildman–Crippen LogP) is 3.45. The van der Waals surface area contributed by atoms with Gasteiger partial charge in [0.15, 0.2) is 0 Å². The Kier molecular flexibility index (Phi) is 5.58. The van der Waals surface area contributed by atoms with E-state index >= 15 is 0 Å². The van der Waals surface area contributed by atoms with Gasteiger partial charge >= 0.3 is 12.1 Å². The monoisotopic (exact) mass is 371 g/mol. The molecule has 1 N–H and O–H groups in total. The molecule has 0 radical (unpaired) electrons. The zero-order chi connectivity index (χ0) is 18.8. The van der Waals surface area contributed by atoms with Gasteiger partial charge in [-0.1, -0.05) is 18.2 Å². The highest BCUT2D eigenvalue weighted by atomic mass is 19.4. The lowest BCUT2D eigenvalue weighted by Crippen LogP contribution is -2.47. The van der Waals surface area contributed by atoms with Crippen molar-refractivity contribution < 1.29 is 27.8 Å². The molecule has 144 valence electrons. The number of likely N-dealkylation sites (tertiary alicyclic amines) is 1. The van der Waals surface area contributed by atoms with Gasteiger partial charge in [0.05, 0.1) is 17.6 Å². The van der Waals surface area contributed by atoms with Crippen molar-refractivity contribution in [3.8, 4) is 0 Å². The van der Waals surface area contributed by atoms with Crippen molar-refractivity contribution in [3.63, 3.8) is 0 Å². The zero-order valence-electron chi connectivity index (χ0n) is 14.6. The molecule has 0 saturated carbocycles. The lowest BCUT2D eigenvalue weighted by molar-refractivity contribution is -0.153. The summed E-state index contributed by atoms with van der Waals surface area (Å²) >= 11 is 0. The number of piperidine rings is 1. The number of ether oxygens (including phenoxy) is 1. The minimum Gasteiger partial charge on any atom is -0.481 e. The number of nitrogens with zero attached hydrogens (tertiary/aromatic N) is 1. The molecule has 2 aliphatic rings. The number of carbonyl (C=O) groups is 1. The largest absolute Gasteiger partial charge is 0.481 e. The Balaban J connectivity index is 1.71. The van der Waals surface area contributed by atoms with E-state index in [0.29, 0.717) is 31.8 Å². The fourth-order valence-electron chi connectivity index (χ4n) is 4.04. The van der Waals surface area contributed by atoms with Gasteiger partial charge in [0.2, 0.25) is 0 Å². The summed E-state index contributed by atoms with van der Waals surface area (Å²) in [6, 6.07) is 5.30. The molecule has 1 atom stereocenters. The fourth-order valence-corrected chi connectivity index (χ4v) is 4.04. The highest BCUT2D eigenvalue weighted by molar-refractivity contribution is 5.75. The summed E-state index contributed by atoms with van der Waals surface area (Å²) in [5.41, 5.74) is -1.80. The van der Waals surface area contributed by atoms with Gasteiger partial charge in [0, 0.05) is 13.2 Å². The van der Waals surface area contributed by atoms with E-state index in [1.165, 1.54) is 18.2 Å². The molecule has 2 aliphatic heterocycles. The maximum Gasteiger partial charge on any atom is 0.416 e. The molecule has 0 bridgehead atoms. The lowest BCUT2D eigenvalue weighted by Gasteiger charge is -2.40. The van der Waals surface area contributed by atoms with Crippen molar-refractivity contribution in [1.82, 2.24) is 4.90 Å². The standard InChI is InChI=1S/C19H24F3NO3/c20-19(21,22)16-4-2-1-3-15(16)11-18(17(24)25)6-8-23(9-7-18)12-14-5-10-26-13-14/h1-4,14H,5-13H2,(H,24,25)/t14-/m1/s1. The van der Waals surface area contributed by atoms with E-state index in [0.717, 1.165) is 32.2 Å². The third kappa shape index (κ3) is 4.20. The Morgan fingerprint density at radius 3 is 2.54 bits per heavy atom. The summed E-state index contributed by atoms with van der Waals surface area (Å²) in [6.45, 7) is 3.56. The highest BCUT2D eigenvalue weighted by Crippen LogP contribution is 2.40. The number of hydrogen-bond donors (Lipinski definition) is 1. The summed E-state index contributed by atoms with van der Waals surface area (Å²) in [7, 11) is 0. The first kappa shape index (κ1) is 19.2. The average molecular weight is 371 g/mol. The molecule has 2 saturated heterocycles. The predicted molar refractivity (Wildman–Crippen MR) is 89.8 cm³/mol. The molecule has 0 amide bonds. The van der Waals surface area contributed by atoms with Gasteiger partial charge in [-0.2, -0.15) is 13.2 Å². The van der Waals surface area contributed by atoms with Crippen LogP contribution in [0.4, 0.5) is 13.2 Å². The van der Waals surface area contributed by atoms with Crippen molar-refractivity contribution in [2.75, 3.05) is 32.8 Å². The Morgan fingerprint density at radius 2 is 1.96 bits per heavy atom. The summed E-state index contributed by atoms with van der Waals surface area (Å²) in [5.74, 6) is -0.531. The van der Waals surface area contributed by atoms with Crippen LogP contribution in [0.2, 0.25) is 0 Å². The Hall–Kier alpha value is -1.60. The Labute approximate surface area is 150 Å². The molecule has 3 rings (SSSR count). The van der Waals surface area contributed by atoms with E-state index in [1.54, 1.807) is 0 Å². The number of aliphatic carboxylic acids is 1. The SMILES string of the molecule is O=C(O)C1(Cc2ccccc2C(F)(F)F)CCN(C[C@H]2CCOC2)CC1. The topological polar surface area (TPSA) is 49.8 Å². The van der Waals surface area contributed by atoms with Crippen molar-refractivity contribution in [2.24, 2.45) is 11.3 Å². The quantitative estimate of drug-likeness (QED) is 0.861. The smallest absolute Gasteiger partial charge is 0.416 e. The van der Waals surface area contributed by atoms with Crippen molar-refractivity contribution in [2.45, 2.75) is 31.9 Å². The molecule has 2 heterocycles. The number of carboxylic acid groups (broad SMARTS) is 1. The van der Waals surface area contributed by atoms with Gasteiger partial charge in [-0.05, 0) is 56.3 Å². The molecule has 0 aromatic heterocycles. The maximum absolute atomic E-state index is 13.3. The normalized spacial score (nSPS) is 23.9. The summed E-state index contributed by atoms with van der Waals surface area (Å²) in [4.78, 5) is 14.2. The van der Waals surface area contributed by atoms with Crippen LogP contribution in [0.5, 0.6) is 0 Å². The van der Waals surface area contributed by atoms with Crippen molar-refractivity contribution in [3.05, 3.63) is 35.4 Å². The molecule has 0 unspecified atom stereocenters. The number of carboxylic acids is 1. The van der Waals surface area contributed by atoms with Crippen LogP contribution in [0.15, 0.2) is 24.3 Å². The van der Waals surface area contributed by atoms with E-state index in [2.05, 4.69) is 4.90 Å². The first-order chi connectivity index (χ1) is 12.3. The first-order valence-corrected chi connectivity index (χ1v) is 8.99. The molecule has 4 nitrogen and oxygen atoms in total. The van der Waals surface area contributed by atoms with E-state index in [4.69, 9.17) is 4.74 Å². The molecule has 0 spiro atoms. The summed E-state index contributed by atoms with van der Waals surface area (Å²) in [6.07, 6.45) is -2.82. The molecule has 2 fully saturated rings. The fraction of sp³-hybridized carbons (Fsp3) is 0.632. The molecule has 1 aromatic rings. The van der Waals surface area contributed by atoms with Crippen LogP contribution < -0.4 is 0 Å². The van der Waals surface area contributed by atoms with Gasteiger partial charge in [-0.25, -0.2) is 0 Å². The van der Waals surface area contributed by atoms with E-state index in [-0.39, 0.29) is 12.0 Å². The average Bonchev–Trinajstić information content (AvgIpc) is 3.09. The highest BCUT2D eigenvalue weighted by Gasteiger charge is 2.44. The Bertz CT molecular complexity index is 633. The third-order valence-corrected chi connectivity index (χ3v) is 5.66. The minimum absolute atomic E-state index is 0.0695. The van der Waals surface area contributed by atoms with Crippen LogP contribution in [0.3, 0.4) is 0 Å². The summed E-state index contributed by atoms with van der Waals surface area (Å²) in [5, 5.41) is 9.79. The minimum atomic E-state index is -4.47. The molecule has 7 heteroatoms. The third-order valence-electron chi connectivity index (χ3n) is 5.66. The molecule has 1 aromatic carbocycles. The van der Waals surface area contributed by atoms with Gasteiger partial charge < -0.3 is 14.7 Å². The molecular formula is C19H24F3NO3. The second-order valence-corrected chi connectivity index (χ2v) is 7.45. The van der Waals surface area contributed by atoms with Gasteiger partial charge in [-0.3, -0.25) is 4.79 Å². The van der Waals surface area contributed by atoms with Crippen molar-refractivity contribution >= 4 is 5.97 Å². The Morgan fingerprint density at radius 1 is 1.27 bits per heavy atom. The van der Waals surface area contributed by atoms with Crippen LogP contribution in [0, 0.1) is 11.3 Å². The van der Waals surface area contributed by atoms with Crippen LogP contribution in [-0.2, 0) is 22.1 Å². The van der Waals surface area contributed by atoms with Crippen LogP contribution in [-0.4, -0.2) is 48.8 Å². The van der Waals surface area contributed by atoms with Crippen LogP contribution in [0.1, 0.15) is 30.4 Å². The van der Waals surface area contributed by atoms with E-state index < -0.39 is 23.1 Å². The van der Waals surface area contributed by atoms with E-state index in [9.17, 15) is 23.1 Å². The van der Waals surface area contributed by atoms with Gasteiger partial charge in [0.25, 0.3) is 0 Å². The maximum atomic E-state index is 13.3. The zero-order valence-corrected chi connectivity index (χ0v) is 14.6. The number of alkyl halides is 3. The second kappa shape index (κ2) is 7.56. The molecular weight excluding hydrogens is 347 g/mol. The number of hydrogen-bond acceptors (Lipinski definition) is 3. The number of benzene rings is 1. The molecule has 26 heavy (non-hydrogen) atoms. The van der Waals surface area contributed by atoms with Crippen LogP contribution in [0.25, 0.3) is 0 Å². The molecule has 0 aliphatic carbocycles. The van der Waals surface area contributed by atoms with Crippen LogP contribution >= 0.6 is 0 Å². The summed E-state index contributed by atoms with van der Waals surface area (Å²) < 4.78 is 45.1. The van der Waals surface area contributed by atoms with Gasteiger partial charge in [0.1, 0.15) is 0 Å². The first-order valence-electron chi connectivity index (χ1n) is 8.99. The second-order valence-electron chi connectivity index (χ2n) is 7.45.